The van der Waals surface area contributed by atoms with E-state index < -0.39 is 0 Å². The number of allylic oxidation sites excluding steroid dienone is 1. The normalized spacial score (nSPS) is 16.0. The van der Waals surface area contributed by atoms with Gasteiger partial charge in [-0.1, -0.05) is 29.8 Å². The lowest BCUT2D eigenvalue weighted by molar-refractivity contribution is 0.743. The Labute approximate surface area is 85.8 Å². The molecule has 1 N–H and O–H groups in total. The summed E-state index contributed by atoms with van der Waals surface area (Å²) >= 11 is 0. The molecule has 14 heavy (non-hydrogen) atoms. The van der Waals surface area contributed by atoms with Crippen molar-refractivity contribution < 1.29 is 0 Å². The first-order valence-electron chi connectivity index (χ1n) is 5.29. The predicted molar refractivity (Wildman–Crippen MR) is 61.1 cm³/mol. The average molecular weight is 187 g/mol. The van der Waals surface area contributed by atoms with Crippen LogP contribution in [0.2, 0.25) is 0 Å². The maximum absolute atomic E-state index is 3.46. The van der Waals surface area contributed by atoms with Crippen LogP contribution in [-0.2, 0) is 0 Å². The highest BCUT2D eigenvalue weighted by Gasteiger charge is 2.07. The van der Waals surface area contributed by atoms with Crippen molar-refractivity contribution in [3.63, 3.8) is 0 Å². The highest BCUT2D eigenvalue weighted by Crippen LogP contribution is 2.20. The molecule has 1 aliphatic rings. The molecule has 0 bridgehead atoms. The Morgan fingerprint density at radius 2 is 2.07 bits per heavy atom. The number of hydrogen-bond acceptors (Lipinski definition) is 1. The van der Waals surface area contributed by atoms with Gasteiger partial charge in [0.2, 0.25) is 0 Å². The van der Waals surface area contributed by atoms with E-state index >= 15 is 0 Å². The molecule has 0 aliphatic carbocycles. The summed E-state index contributed by atoms with van der Waals surface area (Å²) in [5.74, 6) is 0. The lowest BCUT2D eigenvalue weighted by Crippen LogP contribution is -2.17. The number of nitrogens with one attached hydrogen (secondary N) is 1. The molecule has 0 aromatic heterocycles. The second-order valence-corrected chi connectivity index (χ2v) is 4.01. The second-order valence-electron chi connectivity index (χ2n) is 4.01. The lowest BCUT2D eigenvalue weighted by atomic mass is 10.0. The van der Waals surface area contributed by atoms with Gasteiger partial charge in [0.15, 0.2) is 0 Å². The van der Waals surface area contributed by atoms with Crippen LogP contribution in [0.1, 0.15) is 29.5 Å². The van der Waals surface area contributed by atoms with Crippen LogP contribution in [-0.4, -0.2) is 6.54 Å². The predicted octanol–water partition coefficient (Wildman–Crippen LogP) is 3.03. The van der Waals surface area contributed by atoms with E-state index in [2.05, 4.69) is 43.4 Å². The van der Waals surface area contributed by atoms with Crippen molar-refractivity contribution in [3.05, 3.63) is 41.0 Å². The van der Waals surface area contributed by atoms with Crippen LogP contribution in [0.3, 0.4) is 0 Å². The maximum Gasteiger partial charge on any atom is 0.0375 e. The summed E-state index contributed by atoms with van der Waals surface area (Å²) in [6, 6.07) is 6.64. The van der Waals surface area contributed by atoms with E-state index in [4.69, 9.17) is 0 Å². The van der Waals surface area contributed by atoms with Gasteiger partial charge < -0.3 is 5.32 Å². The van der Waals surface area contributed by atoms with Crippen molar-refractivity contribution in [2.45, 2.75) is 26.7 Å². The molecule has 1 aromatic rings. The highest BCUT2D eigenvalue weighted by molar-refractivity contribution is 5.67. The molecular formula is C13H17N. The van der Waals surface area contributed by atoms with Gasteiger partial charge in [0.1, 0.15) is 0 Å². The summed E-state index contributed by atoms with van der Waals surface area (Å²) in [7, 11) is 0. The largest absolute Gasteiger partial charge is 0.385 e. The molecule has 1 nitrogen and oxygen atoms in total. The van der Waals surface area contributed by atoms with Crippen LogP contribution in [0.25, 0.3) is 5.70 Å². The monoisotopic (exact) mass is 187 g/mol. The van der Waals surface area contributed by atoms with Crippen LogP contribution in [0.4, 0.5) is 0 Å². The van der Waals surface area contributed by atoms with Crippen LogP contribution in [0.5, 0.6) is 0 Å². The van der Waals surface area contributed by atoms with Crippen LogP contribution < -0.4 is 5.32 Å². The topological polar surface area (TPSA) is 12.0 Å². The van der Waals surface area contributed by atoms with Gasteiger partial charge in [-0.05, 0) is 32.3 Å². The summed E-state index contributed by atoms with van der Waals surface area (Å²) < 4.78 is 0. The fourth-order valence-corrected chi connectivity index (χ4v) is 1.96. The van der Waals surface area contributed by atoms with Gasteiger partial charge in [-0.2, -0.15) is 0 Å². The standard InChI is InChI=1S/C13H17N/c1-10-6-7-12(11(2)9-10)13-5-3-4-8-14-13/h5-7,9,14H,3-4,8H2,1-2H3. The number of hydrogen-bond donors (Lipinski definition) is 1. The van der Waals surface area contributed by atoms with Gasteiger partial charge in [-0.3, -0.25) is 0 Å². The van der Waals surface area contributed by atoms with Crippen molar-refractivity contribution in [1.29, 1.82) is 0 Å². The Morgan fingerprint density at radius 3 is 2.71 bits per heavy atom. The maximum atomic E-state index is 3.46. The molecule has 0 atom stereocenters. The van der Waals surface area contributed by atoms with Crippen molar-refractivity contribution in [1.82, 2.24) is 5.32 Å². The average Bonchev–Trinajstić information content (AvgIpc) is 2.19. The number of rotatable bonds is 1. The van der Waals surface area contributed by atoms with Crippen LogP contribution in [0.15, 0.2) is 24.3 Å². The molecule has 0 saturated carbocycles. The Bertz CT molecular complexity index is 363. The van der Waals surface area contributed by atoms with Crippen molar-refractivity contribution in [3.8, 4) is 0 Å². The summed E-state index contributed by atoms with van der Waals surface area (Å²) in [5.41, 5.74) is 5.37. The number of aryl methyl sites for hydroxylation is 2. The summed E-state index contributed by atoms with van der Waals surface area (Å²) in [4.78, 5) is 0. The van der Waals surface area contributed by atoms with Crippen molar-refractivity contribution >= 4 is 5.70 Å². The minimum atomic E-state index is 1.11. The zero-order valence-electron chi connectivity index (χ0n) is 8.93. The molecule has 1 heteroatoms. The molecule has 1 aliphatic heterocycles. The van der Waals surface area contributed by atoms with E-state index in [9.17, 15) is 0 Å². The van der Waals surface area contributed by atoms with Crippen LogP contribution >= 0.6 is 0 Å². The Morgan fingerprint density at radius 1 is 1.21 bits per heavy atom. The smallest absolute Gasteiger partial charge is 0.0375 e. The molecule has 2 rings (SSSR count). The van der Waals surface area contributed by atoms with Crippen molar-refractivity contribution in [2.75, 3.05) is 6.54 Å². The molecule has 0 spiro atoms. The van der Waals surface area contributed by atoms with E-state index in [0.717, 1.165) is 6.54 Å². The molecule has 0 fully saturated rings. The second kappa shape index (κ2) is 3.87. The number of benzene rings is 1. The van der Waals surface area contributed by atoms with Gasteiger partial charge in [-0.15, -0.1) is 0 Å². The SMILES string of the molecule is Cc1ccc(C2=CCCCN2)c(C)c1. The van der Waals surface area contributed by atoms with Crippen LogP contribution in [0, 0.1) is 13.8 Å². The third-order valence-electron chi connectivity index (χ3n) is 2.72. The van der Waals surface area contributed by atoms with E-state index in [1.807, 2.05) is 0 Å². The summed E-state index contributed by atoms with van der Waals surface area (Å²) in [5, 5.41) is 3.46. The fraction of sp³-hybridized carbons (Fsp3) is 0.385. The summed E-state index contributed by atoms with van der Waals surface area (Å²) in [6.45, 7) is 5.43. The molecular weight excluding hydrogens is 170 g/mol. The highest BCUT2D eigenvalue weighted by atomic mass is 14.9. The first-order chi connectivity index (χ1) is 6.77. The molecule has 0 saturated heterocycles. The first kappa shape index (κ1) is 9.32. The van der Waals surface area contributed by atoms with E-state index in [1.54, 1.807) is 0 Å². The first-order valence-corrected chi connectivity index (χ1v) is 5.29. The Balaban J connectivity index is 2.35. The van der Waals surface area contributed by atoms with Crippen molar-refractivity contribution in [2.24, 2.45) is 0 Å². The zero-order chi connectivity index (χ0) is 9.97. The third-order valence-corrected chi connectivity index (χ3v) is 2.72. The zero-order valence-corrected chi connectivity index (χ0v) is 8.93. The third kappa shape index (κ3) is 1.82. The van der Waals surface area contributed by atoms with Gasteiger partial charge in [0.25, 0.3) is 0 Å². The van der Waals surface area contributed by atoms with Gasteiger partial charge >= 0.3 is 0 Å². The van der Waals surface area contributed by atoms with E-state index in [0.29, 0.717) is 0 Å². The molecule has 0 radical (unpaired) electrons. The molecule has 0 amide bonds. The quantitative estimate of drug-likeness (QED) is 0.712. The van der Waals surface area contributed by atoms with E-state index in [-0.39, 0.29) is 0 Å². The molecule has 0 unspecified atom stereocenters. The van der Waals surface area contributed by atoms with Gasteiger partial charge in [0.05, 0.1) is 0 Å². The molecule has 74 valence electrons. The van der Waals surface area contributed by atoms with Gasteiger partial charge in [0, 0.05) is 17.8 Å². The van der Waals surface area contributed by atoms with E-state index in [1.165, 1.54) is 35.2 Å². The van der Waals surface area contributed by atoms with Gasteiger partial charge in [-0.25, -0.2) is 0 Å². The lowest BCUT2D eigenvalue weighted by Gasteiger charge is -2.17. The minimum absolute atomic E-state index is 1.11. The summed E-state index contributed by atoms with van der Waals surface area (Å²) in [6.07, 6.45) is 4.77. The molecule has 1 heterocycles. The Hall–Kier alpha value is -1.24. The molecule has 1 aromatic carbocycles. The Kier molecular flexibility index (Phi) is 2.58. The minimum Gasteiger partial charge on any atom is -0.385 e. The fourth-order valence-electron chi connectivity index (χ4n) is 1.96.